The van der Waals surface area contributed by atoms with Gasteiger partial charge in [0, 0.05) is 19.2 Å². The number of aliphatic carboxylic acids is 1. The molecule has 0 radical (unpaired) electrons. The molecule has 1 aliphatic heterocycles. The highest BCUT2D eigenvalue weighted by atomic mass is 16.4. The maximum atomic E-state index is 12.6. The van der Waals surface area contributed by atoms with Gasteiger partial charge in [0.2, 0.25) is 0 Å². The van der Waals surface area contributed by atoms with E-state index in [1.807, 2.05) is 24.3 Å². The number of rotatable bonds is 2. The number of benzene rings is 1. The molecule has 1 fully saturated rings. The highest BCUT2D eigenvalue weighted by molar-refractivity contribution is 5.94. The van der Waals surface area contributed by atoms with Crippen molar-refractivity contribution in [1.82, 2.24) is 19.5 Å². The second kappa shape index (κ2) is 5.12. The molecule has 7 heteroatoms. The fraction of sp³-hybridized carbons (Fsp3) is 0.312. The van der Waals surface area contributed by atoms with Gasteiger partial charge in [-0.15, -0.1) is 0 Å². The van der Waals surface area contributed by atoms with E-state index >= 15 is 0 Å². The number of hydrogen-bond acceptors (Lipinski definition) is 3. The molecule has 3 aromatic rings. The molecule has 0 bridgehead atoms. The van der Waals surface area contributed by atoms with Crippen molar-refractivity contribution in [3.63, 3.8) is 0 Å². The first-order chi connectivity index (χ1) is 11.1. The van der Waals surface area contributed by atoms with E-state index in [1.54, 1.807) is 15.5 Å². The summed E-state index contributed by atoms with van der Waals surface area (Å²) in [6.45, 7) is 0.848. The number of para-hydroxylation sites is 2. The van der Waals surface area contributed by atoms with Crippen LogP contribution in [0, 0.1) is 5.92 Å². The number of H-pyrrole nitrogens is 1. The molecule has 4 rings (SSSR count). The van der Waals surface area contributed by atoms with Gasteiger partial charge >= 0.3 is 5.97 Å². The first-order valence-corrected chi connectivity index (χ1v) is 7.62. The van der Waals surface area contributed by atoms with Crippen LogP contribution in [0.4, 0.5) is 0 Å². The number of likely N-dealkylation sites (tertiary alicyclic amines) is 1. The van der Waals surface area contributed by atoms with Crippen molar-refractivity contribution in [2.75, 3.05) is 13.1 Å². The third-order valence-corrected chi connectivity index (χ3v) is 4.38. The zero-order valence-electron chi connectivity index (χ0n) is 12.4. The summed E-state index contributed by atoms with van der Waals surface area (Å²) in [5.74, 6) is -1.49. The van der Waals surface area contributed by atoms with Gasteiger partial charge in [-0.3, -0.25) is 14.7 Å². The van der Waals surface area contributed by atoms with Gasteiger partial charge < -0.3 is 10.0 Å². The van der Waals surface area contributed by atoms with E-state index in [-0.39, 0.29) is 12.5 Å². The normalized spacial score (nSPS) is 18.6. The molecule has 0 unspecified atom stereocenters. The Bertz CT molecular complexity index is 910. The average Bonchev–Trinajstić information content (AvgIpc) is 3.12. The molecule has 2 N–H and O–H groups in total. The molecule has 2 aromatic heterocycles. The number of carboxylic acid groups (broad SMARTS) is 1. The SMILES string of the molecule is O=C(O)[C@@H]1CCCN(C(=O)c2cc3nc4ccccc4n3[nH]2)C1. The number of amides is 1. The first kappa shape index (κ1) is 13.8. The molecule has 23 heavy (non-hydrogen) atoms. The Morgan fingerprint density at radius 1 is 1.30 bits per heavy atom. The van der Waals surface area contributed by atoms with Crippen molar-refractivity contribution in [2.24, 2.45) is 5.92 Å². The quantitative estimate of drug-likeness (QED) is 0.754. The van der Waals surface area contributed by atoms with E-state index in [2.05, 4.69) is 10.1 Å². The number of imidazole rings is 1. The summed E-state index contributed by atoms with van der Waals surface area (Å²) >= 11 is 0. The minimum Gasteiger partial charge on any atom is -0.481 e. The van der Waals surface area contributed by atoms with Crippen molar-refractivity contribution in [3.8, 4) is 0 Å². The van der Waals surface area contributed by atoms with Gasteiger partial charge in [-0.05, 0) is 25.0 Å². The summed E-state index contributed by atoms with van der Waals surface area (Å²) in [5.41, 5.74) is 2.89. The fourth-order valence-corrected chi connectivity index (χ4v) is 3.18. The van der Waals surface area contributed by atoms with Crippen LogP contribution in [0.15, 0.2) is 30.3 Å². The lowest BCUT2D eigenvalue weighted by molar-refractivity contribution is -0.143. The summed E-state index contributed by atoms with van der Waals surface area (Å²) in [7, 11) is 0. The zero-order chi connectivity index (χ0) is 16.0. The number of nitrogens with one attached hydrogen (secondary N) is 1. The van der Waals surface area contributed by atoms with Crippen LogP contribution in [0.1, 0.15) is 23.3 Å². The van der Waals surface area contributed by atoms with Gasteiger partial charge in [0.25, 0.3) is 5.91 Å². The molecule has 1 saturated heterocycles. The number of carbonyl (C=O) groups is 2. The monoisotopic (exact) mass is 312 g/mol. The molecule has 0 saturated carbocycles. The number of aromatic nitrogens is 3. The Kier molecular flexibility index (Phi) is 3.07. The predicted molar refractivity (Wildman–Crippen MR) is 83.3 cm³/mol. The van der Waals surface area contributed by atoms with E-state index in [1.165, 1.54) is 0 Å². The molecule has 1 amide bonds. The standard InChI is InChI=1S/C16H16N4O3/c21-15(19-7-3-4-10(9-19)16(22)23)12-8-14-17-11-5-1-2-6-13(11)20(14)18-12/h1-2,5-6,8,10,18H,3-4,7,9H2,(H,22,23)/t10-/m1/s1. The second-order valence-electron chi connectivity index (χ2n) is 5.89. The molecule has 1 aliphatic rings. The van der Waals surface area contributed by atoms with Crippen molar-refractivity contribution >= 4 is 28.6 Å². The Labute approximate surface area is 131 Å². The Morgan fingerprint density at radius 3 is 2.96 bits per heavy atom. The van der Waals surface area contributed by atoms with Crippen LogP contribution in [-0.2, 0) is 4.79 Å². The molecule has 7 nitrogen and oxygen atoms in total. The van der Waals surface area contributed by atoms with E-state index in [0.29, 0.717) is 30.7 Å². The minimum absolute atomic E-state index is 0.175. The second-order valence-corrected chi connectivity index (χ2v) is 5.89. The van der Waals surface area contributed by atoms with Gasteiger partial charge in [-0.2, -0.15) is 0 Å². The van der Waals surface area contributed by atoms with Crippen molar-refractivity contribution in [2.45, 2.75) is 12.8 Å². The van der Waals surface area contributed by atoms with Gasteiger partial charge in [0.05, 0.1) is 17.0 Å². The molecular formula is C16H16N4O3. The summed E-state index contributed by atoms with van der Waals surface area (Å²) in [6.07, 6.45) is 1.33. The highest BCUT2D eigenvalue weighted by Crippen LogP contribution is 2.21. The number of hydrogen-bond donors (Lipinski definition) is 2. The third-order valence-electron chi connectivity index (χ3n) is 4.38. The first-order valence-electron chi connectivity index (χ1n) is 7.62. The molecule has 0 aliphatic carbocycles. The lowest BCUT2D eigenvalue weighted by Crippen LogP contribution is -2.42. The molecule has 1 aromatic carbocycles. The van der Waals surface area contributed by atoms with Gasteiger partial charge in [-0.25, -0.2) is 9.50 Å². The van der Waals surface area contributed by atoms with E-state index < -0.39 is 11.9 Å². The maximum Gasteiger partial charge on any atom is 0.308 e. The highest BCUT2D eigenvalue weighted by Gasteiger charge is 2.29. The van der Waals surface area contributed by atoms with E-state index in [4.69, 9.17) is 5.11 Å². The maximum absolute atomic E-state index is 12.6. The van der Waals surface area contributed by atoms with Crippen LogP contribution in [0.5, 0.6) is 0 Å². The Hall–Kier alpha value is -2.83. The number of carbonyl (C=O) groups excluding carboxylic acids is 1. The van der Waals surface area contributed by atoms with Crippen LogP contribution in [0.2, 0.25) is 0 Å². The summed E-state index contributed by atoms with van der Waals surface area (Å²) in [5, 5.41) is 12.2. The summed E-state index contributed by atoms with van der Waals surface area (Å²) in [4.78, 5) is 29.9. The topological polar surface area (TPSA) is 90.7 Å². The largest absolute Gasteiger partial charge is 0.481 e. The average molecular weight is 312 g/mol. The number of carboxylic acids is 1. The lowest BCUT2D eigenvalue weighted by atomic mass is 9.98. The summed E-state index contributed by atoms with van der Waals surface area (Å²) < 4.78 is 1.78. The fourth-order valence-electron chi connectivity index (χ4n) is 3.18. The van der Waals surface area contributed by atoms with Crippen molar-refractivity contribution in [3.05, 3.63) is 36.0 Å². The lowest BCUT2D eigenvalue weighted by Gasteiger charge is -2.30. The van der Waals surface area contributed by atoms with Crippen molar-refractivity contribution < 1.29 is 14.7 Å². The van der Waals surface area contributed by atoms with Crippen molar-refractivity contribution in [1.29, 1.82) is 0 Å². The zero-order valence-corrected chi connectivity index (χ0v) is 12.4. The number of piperidine rings is 1. The van der Waals surface area contributed by atoms with Crippen LogP contribution >= 0.6 is 0 Å². The van der Waals surface area contributed by atoms with Gasteiger partial charge in [0.15, 0.2) is 5.65 Å². The third kappa shape index (κ3) is 2.25. The van der Waals surface area contributed by atoms with Crippen LogP contribution in [0.25, 0.3) is 16.7 Å². The molecule has 3 heterocycles. The molecular weight excluding hydrogens is 296 g/mol. The Morgan fingerprint density at radius 2 is 2.13 bits per heavy atom. The smallest absolute Gasteiger partial charge is 0.308 e. The van der Waals surface area contributed by atoms with Gasteiger partial charge in [-0.1, -0.05) is 12.1 Å². The van der Waals surface area contributed by atoms with Crippen LogP contribution < -0.4 is 0 Å². The number of fused-ring (bicyclic) bond motifs is 3. The van der Waals surface area contributed by atoms with Crippen LogP contribution in [0.3, 0.4) is 0 Å². The predicted octanol–water partition coefficient (Wildman–Crippen LogP) is 1.75. The van der Waals surface area contributed by atoms with E-state index in [0.717, 1.165) is 11.0 Å². The minimum atomic E-state index is -0.838. The molecule has 0 spiro atoms. The Balaban J connectivity index is 1.65. The summed E-state index contributed by atoms with van der Waals surface area (Å²) in [6, 6.07) is 9.40. The molecule has 118 valence electrons. The number of aromatic amines is 1. The molecule has 1 atom stereocenters. The number of nitrogens with zero attached hydrogens (tertiary/aromatic N) is 3. The van der Waals surface area contributed by atoms with Gasteiger partial charge in [0.1, 0.15) is 5.69 Å². The van der Waals surface area contributed by atoms with Crippen LogP contribution in [-0.4, -0.2) is 49.6 Å². The van der Waals surface area contributed by atoms with E-state index in [9.17, 15) is 9.59 Å².